The molecule has 8 aromatic rings. The zero-order chi connectivity index (χ0) is 59.9. The summed E-state index contributed by atoms with van der Waals surface area (Å²) < 4.78 is 6.18. The first-order chi connectivity index (χ1) is 40.6. The molecule has 0 saturated carbocycles. The molecule has 0 aliphatic carbocycles. The van der Waals surface area contributed by atoms with E-state index in [-0.39, 0.29) is 69.2 Å². The molecule has 0 unspecified atom stereocenters. The number of carbonyl (C=O) groups excluding carboxylic acids is 6. The van der Waals surface area contributed by atoms with E-state index < -0.39 is 41.8 Å². The van der Waals surface area contributed by atoms with Crippen LogP contribution in [0.5, 0.6) is 0 Å². The number of anilines is 2. The number of benzene rings is 2. The average molecular weight is 1400 g/mol. The largest absolute Gasteiger partial charge is 0.382 e. The second-order valence-electron chi connectivity index (χ2n) is 20.6. The predicted molar refractivity (Wildman–Crippen MR) is 353 cm³/mol. The molecule has 87 heavy (non-hydrogen) atoms. The van der Waals surface area contributed by atoms with Crippen molar-refractivity contribution in [3.63, 3.8) is 0 Å². The van der Waals surface area contributed by atoms with E-state index in [1.54, 1.807) is 52.4 Å². The maximum atomic E-state index is 13.2. The number of Topliss-reactive ketones (excluding diaryl/α,β-unsaturated/α-hetero) is 2. The first-order valence-corrected chi connectivity index (χ1v) is 37.1. The average Bonchev–Trinajstić information content (AvgIpc) is 2.74. The summed E-state index contributed by atoms with van der Waals surface area (Å²) in [5, 5.41) is 1.36. The number of nitrogen functional groups attached to an aromatic ring is 2. The molecular weight excluding hydrogens is 1320 g/mol. The minimum atomic E-state index is -2.36. The Kier molecular flexibility index (Phi) is 26.8. The van der Waals surface area contributed by atoms with Gasteiger partial charge >= 0.3 is 129 Å². The third-order valence-electron chi connectivity index (χ3n) is 15.1. The van der Waals surface area contributed by atoms with Gasteiger partial charge in [0.2, 0.25) is 0 Å². The third-order valence-corrected chi connectivity index (χ3v) is 31.3. The molecule has 2 fully saturated rings. The van der Waals surface area contributed by atoms with Crippen LogP contribution >= 0.6 is 39.1 Å². The zero-order valence-electron chi connectivity index (χ0n) is 47.1. The molecule has 2 aromatic carbocycles. The van der Waals surface area contributed by atoms with Gasteiger partial charge in [0.15, 0.2) is 0 Å². The summed E-state index contributed by atoms with van der Waals surface area (Å²) in [6.45, 7) is 9.42. The fraction of sp³-hybridized carbons (Fsp3) is 0.365. The van der Waals surface area contributed by atoms with Gasteiger partial charge in [-0.2, -0.15) is 0 Å². The smallest absolute Gasteiger partial charge is 0.295 e. The van der Waals surface area contributed by atoms with Gasteiger partial charge in [-0.15, -0.1) is 0 Å². The van der Waals surface area contributed by atoms with E-state index in [9.17, 15) is 28.8 Å². The van der Waals surface area contributed by atoms with Gasteiger partial charge in [-0.1, -0.05) is 81.9 Å². The van der Waals surface area contributed by atoms with Gasteiger partial charge in [0, 0.05) is 99.0 Å². The van der Waals surface area contributed by atoms with Gasteiger partial charge in [-0.05, 0) is 40.2 Å². The van der Waals surface area contributed by atoms with E-state index in [1.807, 2.05) is 30.5 Å². The monoisotopic (exact) mass is 1400 g/mol. The normalized spacial score (nSPS) is 13.0. The minimum absolute atomic E-state index is 0. The van der Waals surface area contributed by atoms with Gasteiger partial charge in [0.25, 0.3) is 35.2 Å². The number of nitrogens with one attached hydrogen (secondary N) is 2. The minimum Gasteiger partial charge on any atom is -0.382 e. The Hall–Kier alpha value is -7.34. The van der Waals surface area contributed by atoms with Gasteiger partial charge in [-0.25, -0.2) is 15.0 Å². The summed E-state index contributed by atoms with van der Waals surface area (Å²) in [6, 6.07) is 18.0. The van der Waals surface area contributed by atoms with E-state index >= 15 is 0 Å². The summed E-state index contributed by atoms with van der Waals surface area (Å²) in [6.07, 6.45) is 20.3. The Morgan fingerprint density at radius 3 is 1.33 bits per heavy atom. The van der Waals surface area contributed by atoms with Crippen LogP contribution in [-0.2, 0) is 9.59 Å². The first-order valence-electron chi connectivity index (χ1n) is 28.1. The summed E-state index contributed by atoms with van der Waals surface area (Å²) >= 11 is 13.5. The number of halogens is 3. The van der Waals surface area contributed by atoms with Crippen molar-refractivity contribution in [2.75, 3.05) is 63.8 Å². The van der Waals surface area contributed by atoms with Crippen LogP contribution in [0.3, 0.4) is 0 Å². The number of rotatable bonds is 17. The van der Waals surface area contributed by atoms with Crippen LogP contribution in [0.25, 0.3) is 33.2 Å². The number of aromatic nitrogens is 8. The standard InChI is InChI=1S/C24H20ClN7O3.C20H16BrClN4O3.C4H4N3.3C4H9.3CH4.Sn/c25-16-11-30-20(17-12-28-18(26)13-27-17)21-19(16)15(10-29-21)22(33)24(35)32-8-6-31(7-9-32)23(34)14-4-2-1-3-5-14;21-18-16-15(14(22)11-24-18)13(10-23-16)17(27)20(29)26-8-6-25(7-9-26)19(28)12-4-2-1-3-5-12;5-4-3-6-1-2-7-4;3*1-3-4-2;;;;/h1-5,10-13,29H,6-9H2,(H2,26,28);1-5,10-11,23H,6-9H2;2-3H,(H2,5,7);3*1,3-4H2,2H3;3*1H4;. The maximum Gasteiger partial charge on any atom is 0.295 e. The van der Waals surface area contributed by atoms with Crippen LogP contribution in [0, 0.1) is 0 Å². The van der Waals surface area contributed by atoms with E-state index in [0.717, 1.165) is 0 Å². The van der Waals surface area contributed by atoms with Gasteiger partial charge in [0.1, 0.15) is 21.8 Å². The van der Waals surface area contributed by atoms with E-state index in [1.165, 1.54) is 103 Å². The molecule has 6 aromatic heterocycles. The number of fused-ring (bicyclic) bond motifs is 2. The Balaban J connectivity index is 0.000000243. The Labute approximate surface area is 531 Å². The Morgan fingerprint density at radius 2 is 0.920 bits per heavy atom. The molecule has 4 amide bonds. The second kappa shape index (κ2) is 33.1. The Morgan fingerprint density at radius 1 is 0.517 bits per heavy atom. The molecule has 2 aliphatic rings. The van der Waals surface area contributed by atoms with Crippen LogP contribution in [0.2, 0.25) is 23.4 Å². The van der Waals surface area contributed by atoms with E-state index in [2.05, 4.69) is 71.6 Å². The summed E-state index contributed by atoms with van der Waals surface area (Å²) in [5.74, 6) is -1.96. The number of H-pyrrole nitrogens is 2. The van der Waals surface area contributed by atoms with Crippen molar-refractivity contribution in [3.8, 4) is 11.4 Å². The molecule has 20 nitrogen and oxygen atoms in total. The molecular formula is C63H79BrCl2N14O6Sn. The van der Waals surface area contributed by atoms with Crippen LogP contribution in [0.15, 0.2) is 115 Å². The van der Waals surface area contributed by atoms with Crippen molar-refractivity contribution in [2.24, 2.45) is 0 Å². The fourth-order valence-corrected chi connectivity index (χ4v) is 26.4. The third kappa shape index (κ3) is 16.8. The topological polar surface area (TPSA) is 276 Å². The molecule has 2 aliphatic heterocycles. The number of hydrogen-bond acceptors (Lipinski definition) is 14. The number of unbranched alkanes of at least 4 members (excludes halogenated alkanes) is 3. The molecule has 8 heterocycles. The molecule has 0 spiro atoms. The number of hydrogen-bond donors (Lipinski definition) is 4. The van der Waals surface area contributed by atoms with Crippen LogP contribution in [0.4, 0.5) is 11.6 Å². The van der Waals surface area contributed by atoms with Crippen molar-refractivity contribution in [1.82, 2.24) is 59.5 Å². The zero-order valence-corrected chi connectivity index (χ0v) is 53.1. The first kappa shape index (κ1) is 70.4. The quantitative estimate of drug-likeness (QED) is 0.0286. The van der Waals surface area contributed by atoms with Gasteiger partial charge in [-0.3, -0.25) is 33.8 Å². The number of nitrogens with two attached hydrogens (primary N) is 2. The predicted octanol–water partition coefficient (Wildman–Crippen LogP) is 11.6. The van der Waals surface area contributed by atoms with Crippen molar-refractivity contribution >= 4 is 130 Å². The maximum absolute atomic E-state index is 13.2. The molecule has 0 radical (unpaired) electrons. The van der Waals surface area contributed by atoms with E-state index in [0.29, 0.717) is 99.0 Å². The number of carbonyl (C=O) groups is 6. The van der Waals surface area contributed by atoms with Crippen LogP contribution in [-0.4, -0.2) is 165 Å². The molecule has 462 valence electrons. The van der Waals surface area contributed by atoms with E-state index in [4.69, 9.17) is 39.7 Å². The number of nitrogens with zero attached hydrogens (tertiary/aromatic N) is 10. The summed E-state index contributed by atoms with van der Waals surface area (Å²) in [4.78, 5) is 115. The molecule has 0 bridgehead atoms. The van der Waals surface area contributed by atoms with Crippen molar-refractivity contribution in [3.05, 3.63) is 147 Å². The van der Waals surface area contributed by atoms with Gasteiger partial charge in [0.05, 0.1) is 44.6 Å². The number of aromatic amines is 2. The second-order valence-corrected chi connectivity index (χ2v) is 35.2. The van der Waals surface area contributed by atoms with Crippen molar-refractivity contribution < 1.29 is 28.8 Å². The summed E-state index contributed by atoms with van der Waals surface area (Å²) in [5.41, 5.74) is 14.8. The summed E-state index contributed by atoms with van der Waals surface area (Å²) in [7, 11) is 0. The number of pyridine rings is 2. The van der Waals surface area contributed by atoms with Gasteiger partial charge < -0.3 is 35.3 Å². The molecule has 0 atom stereocenters. The van der Waals surface area contributed by atoms with Crippen LogP contribution in [0.1, 0.15) is 123 Å². The SMILES string of the molecule is C.C.C.CCC[CH2][Sn]([CH2]CCC)([CH2]CCC)[c]1cnc(N)cn1.Nc1cnc(-c2ncc(Cl)c3c(C(=O)C(=O)N4CCN(C(=O)c5ccccc5)CC4)c[nH]c23)cn1.O=C(C(=O)N1CCN(C(=O)c2ccccc2)CC1)c1c[nH]c2c(Br)ncc(Cl)c12. The fourth-order valence-electron chi connectivity index (χ4n) is 10.4. The molecule has 2 saturated heterocycles. The molecule has 24 heteroatoms. The van der Waals surface area contributed by atoms with Crippen molar-refractivity contribution in [2.45, 2.75) is 94.9 Å². The van der Waals surface area contributed by atoms with Crippen LogP contribution < -0.4 is 15.2 Å². The molecule has 6 N–H and O–H groups in total. The Bertz CT molecular complexity index is 3580. The number of piperazine rings is 2. The van der Waals surface area contributed by atoms with Crippen molar-refractivity contribution in [1.29, 1.82) is 0 Å². The molecule has 10 rings (SSSR count). The number of amides is 4. The number of ketones is 2.